The van der Waals surface area contributed by atoms with E-state index in [0.29, 0.717) is 0 Å². The van der Waals surface area contributed by atoms with Crippen LogP contribution < -0.4 is 26.8 Å². The van der Waals surface area contributed by atoms with E-state index in [1.807, 2.05) is 0 Å². The zero-order chi connectivity index (χ0) is 84.3. The smallest absolute Gasteiger partial charge is 0.230 e. The second-order valence-corrected chi connectivity index (χ2v) is 28.7. The summed E-state index contributed by atoms with van der Waals surface area (Å²) < 4.78 is 101. The van der Waals surface area contributed by atoms with Gasteiger partial charge in [0.2, 0.25) is 23.6 Å². The summed E-state index contributed by atoms with van der Waals surface area (Å²) >= 11 is 0. The van der Waals surface area contributed by atoms with Crippen molar-refractivity contribution in [1.82, 2.24) is 26.8 Å². The van der Waals surface area contributed by atoms with Crippen molar-refractivity contribution in [2.75, 3.05) is 66.1 Å². The van der Waals surface area contributed by atoms with E-state index in [1.54, 1.807) is 0 Å². The Hall–Kier alpha value is -3.80. The molecule has 114 heavy (non-hydrogen) atoms. The van der Waals surface area contributed by atoms with Gasteiger partial charge in [-0.15, -0.1) is 0 Å². The fourth-order valence-corrected chi connectivity index (χ4v) is 14.2. The Morgan fingerprint density at radius 2 is 0.640 bits per heavy atom. The molecular formula is C64H111N5O45. The molecule has 28 unspecified atom stereocenters. The number of aliphatic hydroxyl groups is 24. The molecule has 0 aromatic carbocycles. The normalized spacial score (nSPS) is 45.4. The third-order valence-corrected chi connectivity index (χ3v) is 20.3. The Kier molecular flexibility index (Phi) is 36.2. The highest BCUT2D eigenvalue weighted by atomic mass is 16.8. The Morgan fingerprint density at radius 3 is 1.03 bits per heavy atom. The maximum atomic E-state index is 13.1. The third-order valence-electron chi connectivity index (χ3n) is 20.3. The van der Waals surface area contributed by atoms with E-state index in [0.717, 1.165) is 34.6 Å². The van der Waals surface area contributed by atoms with E-state index >= 15 is 0 Å². The number of rotatable bonds is 35. The predicted molar refractivity (Wildman–Crippen MR) is 357 cm³/mol. The first-order valence-corrected chi connectivity index (χ1v) is 36.6. The molecule has 0 aliphatic carbocycles. The van der Waals surface area contributed by atoms with Crippen LogP contribution >= 0.6 is 0 Å². The highest BCUT2D eigenvalue weighted by molar-refractivity contribution is 5.74. The molecule has 8 aliphatic rings. The molecule has 0 aromatic heterocycles. The van der Waals surface area contributed by atoms with Crippen LogP contribution in [0.5, 0.6) is 0 Å². The van der Waals surface area contributed by atoms with Crippen LogP contribution in [0.25, 0.3) is 0 Å². The Labute approximate surface area is 648 Å². The minimum absolute atomic E-state index is 0.631. The van der Waals surface area contributed by atoms with Crippen LogP contribution in [0.4, 0.5) is 0 Å². The summed E-state index contributed by atoms with van der Waals surface area (Å²) in [7, 11) is 0. The van der Waals surface area contributed by atoms with Crippen molar-refractivity contribution in [2.24, 2.45) is 0 Å². The average molecular weight is 1670 g/mol. The molecule has 0 saturated carbocycles. The zero-order valence-corrected chi connectivity index (χ0v) is 62.3. The Bertz CT molecular complexity index is 2950. The van der Waals surface area contributed by atoms with Gasteiger partial charge in [0.05, 0.1) is 84.3 Å². The van der Waals surface area contributed by atoms with Crippen molar-refractivity contribution in [1.29, 1.82) is 0 Å². The monoisotopic (exact) mass is 1670 g/mol. The van der Waals surface area contributed by atoms with Gasteiger partial charge in [-0.3, -0.25) is 24.6 Å². The van der Waals surface area contributed by atoms with Crippen LogP contribution in [-0.2, 0) is 99.7 Å². The average Bonchev–Trinajstić information content (AvgIpc) is 0.780. The summed E-state index contributed by atoms with van der Waals surface area (Å²) in [6.45, 7) is -3.99. The number of aliphatic hydroxyl groups excluding tert-OH is 24. The molecule has 44 atom stereocenters. The summed E-state index contributed by atoms with van der Waals surface area (Å²) in [5.74, 6) is -3.27. The molecule has 50 nitrogen and oxygen atoms in total. The highest BCUT2D eigenvalue weighted by Gasteiger charge is 2.59. The van der Waals surface area contributed by atoms with Gasteiger partial charge in [-0.25, -0.2) is 5.43 Å². The van der Waals surface area contributed by atoms with Crippen LogP contribution in [0.2, 0.25) is 0 Å². The number of hydrazine groups is 1. The SMILES string of the molecule is CC(=O)NNC1C(O)[C@H](O[C@@H]2OC(CO)[C@H](O)C(O)C2O)C(CO)O[C@H]1OC1C(O)[C@H](O)C(CO)O[C@@H]1OCC(O)[C@@H](OC(CO[C@H]1OC(CO)[C@@H](O)C(O)C1O[C@@H]1OC(CO)[C@@H](O[C@@H]2OC(CO)[C@H](O)C(O)C2O)C(O)C1NC(C)=O)C(C)O)O[C@@H]1C(CO)O[C@@H](O[C@@H]2C(CO)OC(C)C(NC(C)=O)C2O)C(NC(C)=O)C1O. The Morgan fingerprint density at radius 1 is 0.333 bits per heavy atom. The van der Waals surface area contributed by atoms with Gasteiger partial charge in [-0.05, 0) is 13.8 Å². The second kappa shape index (κ2) is 43.1. The molecule has 8 aliphatic heterocycles. The van der Waals surface area contributed by atoms with Gasteiger partial charge in [-0.1, -0.05) is 0 Å². The quantitative estimate of drug-likeness (QED) is 0.0207. The first kappa shape index (κ1) is 95.7. The first-order chi connectivity index (χ1) is 53.9. The van der Waals surface area contributed by atoms with Crippen LogP contribution in [-0.4, -0.2) is 482 Å². The maximum absolute atomic E-state index is 13.1. The van der Waals surface area contributed by atoms with Crippen molar-refractivity contribution in [2.45, 2.75) is 311 Å². The number of amides is 4. The van der Waals surface area contributed by atoms with Crippen molar-refractivity contribution in [3.63, 3.8) is 0 Å². The topological polar surface area (TPSA) is 771 Å². The third kappa shape index (κ3) is 22.5. The molecule has 0 radical (unpaired) electrons. The minimum atomic E-state index is -2.49. The van der Waals surface area contributed by atoms with Crippen molar-refractivity contribution < 1.29 is 222 Å². The molecule has 0 spiro atoms. The van der Waals surface area contributed by atoms with Crippen LogP contribution in [0.1, 0.15) is 41.5 Å². The summed E-state index contributed by atoms with van der Waals surface area (Å²) in [6, 6.07) is -6.79. The summed E-state index contributed by atoms with van der Waals surface area (Å²) in [4.78, 5) is 50.6. The minimum Gasteiger partial charge on any atom is -0.394 e. The first-order valence-electron chi connectivity index (χ1n) is 36.6. The van der Waals surface area contributed by atoms with Gasteiger partial charge >= 0.3 is 0 Å². The molecule has 29 N–H and O–H groups in total. The van der Waals surface area contributed by atoms with E-state index in [4.69, 9.17) is 80.5 Å². The van der Waals surface area contributed by atoms with Gasteiger partial charge in [0.1, 0.15) is 201 Å². The summed E-state index contributed by atoms with van der Waals surface area (Å²) in [6.07, 6.45) is -78.3. The molecule has 8 saturated heterocycles. The lowest BCUT2D eigenvalue weighted by atomic mass is 9.92. The van der Waals surface area contributed by atoms with E-state index < -0.39 is 360 Å². The van der Waals surface area contributed by atoms with Crippen LogP contribution in [0, 0.1) is 0 Å². The van der Waals surface area contributed by atoms with Crippen LogP contribution in [0.15, 0.2) is 0 Å². The van der Waals surface area contributed by atoms with Gasteiger partial charge in [0.15, 0.2) is 50.3 Å². The lowest BCUT2D eigenvalue weighted by Crippen LogP contribution is -2.70. The highest BCUT2D eigenvalue weighted by Crippen LogP contribution is 2.38. The van der Waals surface area contributed by atoms with Gasteiger partial charge in [-0.2, -0.15) is 0 Å². The summed E-state index contributed by atoms with van der Waals surface area (Å²) in [5, 5.41) is 272. The molecule has 8 fully saturated rings. The molecule has 662 valence electrons. The molecule has 0 bridgehead atoms. The van der Waals surface area contributed by atoms with Crippen molar-refractivity contribution >= 4 is 23.6 Å². The van der Waals surface area contributed by atoms with Gasteiger partial charge in [0, 0.05) is 27.7 Å². The van der Waals surface area contributed by atoms with E-state index in [1.165, 1.54) is 6.92 Å². The molecule has 4 amide bonds. The number of hydrogen-bond donors (Lipinski definition) is 29. The van der Waals surface area contributed by atoms with Gasteiger partial charge in [0.25, 0.3) is 0 Å². The lowest BCUT2D eigenvalue weighted by Gasteiger charge is -2.49. The number of carbonyl (C=O) groups is 4. The van der Waals surface area contributed by atoms with Gasteiger partial charge < -0.3 is 219 Å². The number of hydrogen-bond acceptors (Lipinski definition) is 46. The fourth-order valence-electron chi connectivity index (χ4n) is 14.2. The standard InChI is InChI=1S/C64H111N5O45/c1-17(78)32(16-99-64-56(48(95)40(87)27(10-73)104-64)113-59-35(67-21(5)81)43(90)53(30(13-76)106-59)111-61-49(96)45(92)37(84)24(7-70)101-61)108-57(109-52-29(12-75)105-58(34(42(52)89)66-20(4)80)110-51-28(11-74)100-18(2)33(41(51)88)65-19(3)79)23(83)15-98-63-55(47(94)39(86)26(9-72)103-63)114-60-36(69-68-22(6)82)44(91)54(31(14-77)107-60)112-62-50(97)46(93)38(85)25(8-71)102-62/h17-18,23-64,69-78,83-97H,7-16H2,1-6H3,(H,65,79)(H,66,80)(H,67,81)(H,68,82)/t17?,18?,23?,24?,25?,26?,27?,28?,29?,30?,31?,32?,33?,34?,35?,36?,37-,38-,39+,40+,41?,42?,43?,44?,45?,46?,47?,48?,49?,50?,51+,52+,53+,54+,55?,56?,57-,58-,59-,60-,61-,62-,63-,64-/m0/s1. The molecule has 50 heteroatoms. The number of carbonyl (C=O) groups excluding carboxylic acids is 4. The Balaban J connectivity index is 1.11. The number of ether oxygens (including phenoxy) is 17. The second-order valence-electron chi connectivity index (χ2n) is 28.7. The van der Waals surface area contributed by atoms with Crippen molar-refractivity contribution in [3.8, 4) is 0 Å². The number of nitrogens with one attached hydrogen (secondary N) is 5. The largest absolute Gasteiger partial charge is 0.394 e. The summed E-state index contributed by atoms with van der Waals surface area (Å²) in [5.41, 5.74) is 4.60. The van der Waals surface area contributed by atoms with E-state index in [9.17, 15) is 142 Å². The predicted octanol–water partition coefficient (Wildman–Crippen LogP) is -18.8. The maximum Gasteiger partial charge on any atom is 0.230 e. The van der Waals surface area contributed by atoms with E-state index in [2.05, 4.69) is 26.8 Å². The molecular weight excluding hydrogens is 1560 g/mol. The molecule has 8 rings (SSSR count). The van der Waals surface area contributed by atoms with Crippen molar-refractivity contribution in [3.05, 3.63) is 0 Å². The molecule has 0 aromatic rings. The fraction of sp³-hybridized carbons (Fsp3) is 0.938. The zero-order valence-electron chi connectivity index (χ0n) is 62.3. The van der Waals surface area contributed by atoms with Crippen LogP contribution in [0.3, 0.4) is 0 Å². The lowest BCUT2D eigenvalue weighted by molar-refractivity contribution is -0.378. The van der Waals surface area contributed by atoms with E-state index in [-0.39, 0.29) is 0 Å². The molecule has 8 heterocycles.